The summed E-state index contributed by atoms with van der Waals surface area (Å²) < 4.78 is 0. The van der Waals surface area contributed by atoms with E-state index in [0.717, 1.165) is 36.4 Å². The van der Waals surface area contributed by atoms with Crippen LogP contribution >= 0.6 is 0 Å². The maximum absolute atomic E-state index is 4.33. The van der Waals surface area contributed by atoms with Crippen LogP contribution in [0.1, 0.15) is 46.5 Å². The fourth-order valence-electron chi connectivity index (χ4n) is 3.00. The molecule has 1 fully saturated rings. The minimum atomic E-state index is 0.555. The highest BCUT2D eigenvalue weighted by molar-refractivity contribution is 5.47. The fourth-order valence-corrected chi connectivity index (χ4v) is 3.00. The van der Waals surface area contributed by atoms with Gasteiger partial charge in [-0.1, -0.05) is 27.2 Å². The lowest BCUT2D eigenvalue weighted by atomic mass is 9.93. The molecule has 0 spiro atoms. The fraction of sp³-hybridized carbons (Fsp3) is 0.733. The standard InChI is InChI=1S/C15H26N4/c1-4-8-16-14-9-15(18-10-17-14)19-13-7-6-12(5-2)11(13)3/h9-13H,4-8H2,1-3H3,(H2,16,17,18,19). The van der Waals surface area contributed by atoms with Crippen LogP contribution in [-0.2, 0) is 0 Å². The Morgan fingerprint density at radius 3 is 2.68 bits per heavy atom. The van der Waals surface area contributed by atoms with Crippen LogP contribution in [0, 0.1) is 11.8 Å². The molecule has 0 aromatic carbocycles. The van der Waals surface area contributed by atoms with Gasteiger partial charge in [0.1, 0.15) is 18.0 Å². The lowest BCUT2D eigenvalue weighted by Gasteiger charge is -2.21. The second-order valence-corrected chi connectivity index (χ2v) is 5.57. The molecule has 0 radical (unpaired) electrons. The molecule has 0 aliphatic heterocycles. The van der Waals surface area contributed by atoms with E-state index in [1.807, 2.05) is 6.07 Å². The van der Waals surface area contributed by atoms with Crippen LogP contribution in [0.15, 0.2) is 12.4 Å². The quantitative estimate of drug-likeness (QED) is 0.823. The predicted molar refractivity (Wildman–Crippen MR) is 80.4 cm³/mol. The van der Waals surface area contributed by atoms with Gasteiger partial charge in [-0.25, -0.2) is 9.97 Å². The number of nitrogens with one attached hydrogen (secondary N) is 2. The van der Waals surface area contributed by atoms with Crippen molar-refractivity contribution in [1.29, 1.82) is 0 Å². The Balaban J connectivity index is 1.95. The molecule has 0 bridgehead atoms. The van der Waals surface area contributed by atoms with Gasteiger partial charge in [0.15, 0.2) is 0 Å². The molecule has 0 amide bonds. The molecule has 1 aliphatic rings. The van der Waals surface area contributed by atoms with E-state index in [9.17, 15) is 0 Å². The molecular weight excluding hydrogens is 236 g/mol. The topological polar surface area (TPSA) is 49.8 Å². The van der Waals surface area contributed by atoms with E-state index in [2.05, 4.69) is 41.4 Å². The Kier molecular flexibility index (Phi) is 5.00. The summed E-state index contributed by atoms with van der Waals surface area (Å²) in [6, 6.07) is 2.57. The maximum atomic E-state index is 4.33. The van der Waals surface area contributed by atoms with Crippen molar-refractivity contribution < 1.29 is 0 Å². The molecule has 4 nitrogen and oxygen atoms in total. The normalized spacial score (nSPS) is 26.4. The van der Waals surface area contributed by atoms with E-state index in [1.165, 1.54) is 19.3 Å². The van der Waals surface area contributed by atoms with Crippen molar-refractivity contribution in [1.82, 2.24) is 9.97 Å². The monoisotopic (exact) mass is 262 g/mol. The van der Waals surface area contributed by atoms with Crippen LogP contribution in [0.5, 0.6) is 0 Å². The Labute approximate surface area is 116 Å². The molecule has 1 aromatic rings. The van der Waals surface area contributed by atoms with Crippen molar-refractivity contribution in [2.75, 3.05) is 17.2 Å². The molecular formula is C15H26N4. The zero-order valence-electron chi connectivity index (χ0n) is 12.3. The predicted octanol–water partition coefficient (Wildman–Crippen LogP) is 3.54. The molecule has 1 aliphatic carbocycles. The highest BCUT2D eigenvalue weighted by atomic mass is 15.1. The van der Waals surface area contributed by atoms with Crippen LogP contribution in [0.2, 0.25) is 0 Å². The summed E-state index contributed by atoms with van der Waals surface area (Å²) in [4.78, 5) is 8.57. The van der Waals surface area contributed by atoms with Gasteiger partial charge in [0.05, 0.1) is 0 Å². The zero-order chi connectivity index (χ0) is 13.7. The first kappa shape index (κ1) is 14.1. The van der Waals surface area contributed by atoms with Gasteiger partial charge >= 0.3 is 0 Å². The molecule has 0 saturated heterocycles. The third-order valence-electron chi connectivity index (χ3n) is 4.31. The number of rotatable bonds is 6. The van der Waals surface area contributed by atoms with Crippen LogP contribution in [0.4, 0.5) is 11.6 Å². The van der Waals surface area contributed by atoms with E-state index in [4.69, 9.17) is 0 Å². The summed E-state index contributed by atoms with van der Waals surface area (Å²) in [6.07, 6.45) is 6.61. The second-order valence-electron chi connectivity index (χ2n) is 5.57. The highest BCUT2D eigenvalue weighted by Crippen LogP contribution is 2.35. The molecule has 1 saturated carbocycles. The molecule has 1 heterocycles. The average Bonchev–Trinajstić information content (AvgIpc) is 2.78. The third kappa shape index (κ3) is 3.58. The van der Waals surface area contributed by atoms with Gasteiger partial charge in [0.2, 0.25) is 0 Å². The van der Waals surface area contributed by atoms with Crippen molar-refractivity contribution in [2.24, 2.45) is 11.8 Å². The lowest BCUT2D eigenvalue weighted by molar-refractivity contribution is 0.391. The Morgan fingerprint density at radius 1 is 1.21 bits per heavy atom. The van der Waals surface area contributed by atoms with Gasteiger partial charge in [-0.3, -0.25) is 0 Å². The van der Waals surface area contributed by atoms with E-state index >= 15 is 0 Å². The van der Waals surface area contributed by atoms with Crippen LogP contribution in [0.3, 0.4) is 0 Å². The van der Waals surface area contributed by atoms with Gasteiger partial charge in [0.25, 0.3) is 0 Å². The van der Waals surface area contributed by atoms with Gasteiger partial charge < -0.3 is 10.6 Å². The van der Waals surface area contributed by atoms with Crippen molar-refractivity contribution in [3.63, 3.8) is 0 Å². The Hall–Kier alpha value is -1.32. The molecule has 3 unspecified atom stereocenters. The van der Waals surface area contributed by atoms with Crippen molar-refractivity contribution in [3.8, 4) is 0 Å². The maximum Gasteiger partial charge on any atom is 0.131 e. The first-order valence-electron chi connectivity index (χ1n) is 7.57. The molecule has 3 atom stereocenters. The lowest BCUT2D eigenvalue weighted by Crippen LogP contribution is -2.25. The number of hydrogen-bond acceptors (Lipinski definition) is 4. The molecule has 1 aromatic heterocycles. The highest BCUT2D eigenvalue weighted by Gasteiger charge is 2.31. The summed E-state index contributed by atoms with van der Waals surface area (Å²) >= 11 is 0. The van der Waals surface area contributed by atoms with E-state index in [0.29, 0.717) is 6.04 Å². The summed E-state index contributed by atoms with van der Waals surface area (Å²) in [5.41, 5.74) is 0. The van der Waals surface area contributed by atoms with E-state index < -0.39 is 0 Å². The summed E-state index contributed by atoms with van der Waals surface area (Å²) in [7, 11) is 0. The molecule has 106 valence electrons. The Morgan fingerprint density at radius 2 is 2.00 bits per heavy atom. The minimum Gasteiger partial charge on any atom is -0.370 e. The van der Waals surface area contributed by atoms with Crippen molar-refractivity contribution >= 4 is 11.6 Å². The first-order chi connectivity index (χ1) is 9.24. The average molecular weight is 262 g/mol. The molecule has 2 rings (SSSR count). The van der Waals surface area contributed by atoms with Crippen molar-refractivity contribution in [3.05, 3.63) is 12.4 Å². The van der Waals surface area contributed by atoms with Gasteiger partial charge in [-0.05, 0) is 31.1 Å². The smallest absolute Gasteiger partial charge is 0.131 e. The minimum absolute atomic E-state index is 0.555. The number of hydrogen-bond donors (Lipinski definition) is 2. The van der Waals surface area contributed by atoms with Gasteiger partial charge in [-0.15, -0.1) is 0 Å². The molecule has 19 heavy (non-hydrogen) atoms. The second kappa shape index (κ2) is 6.73. The molecule has 4 heteroatoms. The first-order valence-corrected chi connectivity index (χ1v) is 7.57. The van der Waals surface area contributed by atoms with Crippen LogP contribution < -0.4 is 10.6 Å². The SMILES string of the molecule is CCCNc1cc(NC2CCC(CC)C2C)ncn1. The van der Waals surface area contributed by atoms with Gasteiger partial charge in [0, 0.05) is 18.7 Å². The Bertz CT molecular complexity index is 393. The zero-order valence-corrected chi connectivity index (χ0v) is 12.3. The van der Waals surface area contributed by atoms with Gasteiger partial charge in [-0.2, -0.15) is 0 Å². The van der Waals surface area contributed by atoms with E-state index in [-0.39, 0.29) is 0 Å². The number of aromatic nitrogens is 2. The summed E-state index contributed by atoms with van der Waals surface area (Å²) in [5, 5.41) is 6.88. The van der Waals surface area contributed by atoms with Crippen LogP contribution in [-0.4, -0.2) is 22.6 Å². The number of anilines is 2. The largest absolute Gasteiger partial charge is 0.370 e. The summed E-state index contributed by atoms with van der Waals surface area (Å²) in [5.74, 6) is 3.45. The van der Waals surface area contributed by atoms with Crippen LogP contribution in [0.25, 0.3) is 0 Å². The summed E-state index contributed by atoms with van der Waals surface area (Å²) in [6.45, 7) is 7.75. The third-order valence-corrected chi connectivity index (χ3v) is 4.31. The number of nitrogens with zero attached hydrogens (tertiary/aromatic N) is 2. The van der Waals surface area contributed by atoms with E-state index in [1.54, 1.807) is 6.33 Å². The van der Waals surface area contributed by atoms with Crippen molar-refractivity contribution in [2.45, 2.75) is 52.5 Å². The molecule has 2 N–H and O–H groups in total.